The van der Waals surface area contributed by atoms with E-state index in [9.17, 15) is 0 Å². The molecule has 0 saturated heterocycles. The highest BCUT2D eigenvalue weighted by Crippen LogP contribution is 2.22. The lowest BCUT2D eigenvalue weighted by Crippen LogP contribution is -2.54. The minimum atomic E-state index is -0.307. The summed E-state index contributed by atoms with van der Waals surface area (Å²) < 4.78 is 7.86. The van der Waals surface area contributed by atoms with E-state index in [0.717, 1.165) is 18.8 Å². The summed E-state index contributed by atoms with van der Waals surface area (Å²) in [6.07, 6.45) is 3.19. The molecule has 0 aliphatic carbocycles. The van der Waals surface area contributed by atoms with E-state index in [1.54, 1.807) is 6.33 Å². The van der Waals surface area contributed by atoms with Gasteiger partial charge in [-0.15, -0.1) is 0 Å². The first-order valence-electron chi connectivity index (χ1n) is 7.43. The second-order valence-electron chi connectivity index (χ2n) is 5.77. The molecule has 1 aromatic heterocycles. The van der Waals surface area contributed by atoms with Gasteiger partial charge in [-0.1, -0.05) is 20.8 Å². The van der Waals surface area contributed by atoms with Crippen molar-refractivity contribution in [2.24, 2.45) is 11.8 Å². The number of ether oxygens (including phenoxy) is 1. The summed E-state index contributed by atoms with van der Waals surface area (Å²) in [5.41, 5.74) is 2.58. The SMILES string of the molecule is CCOC(C)(CC)C(Cc1ncnn1CC(C)C)NN. The Morgan fingerprint density at radius 1 is 1.45 bits per heavy atom. The van der Waals surface area contributed by atoms with Crippen molar-refractivity contribution in [1.82, 2.24) is 20.2 Å². The standard InChI is InChI=1S/C14H29N5O/c1-6-14(5,20-7-2)12(18-15)8-13-16-10-17-19(13)9-11(3)4/h10-12,18H,6-9,15H2,1-5H3. The van der Waals surface area contributed by atoms with E-state index in [2.05, 4.69) is 43.2 Å². The van der Waals surface area contributed by atoms with Crippen molar-refractivity contribution < 1.29 is 4.74 Å². The molecule has 2 unspecified atom stereocenters. The molecule has 6 heteroatoms. The zero-order valence-corrected chi connectivity index (χ0v) is 13.4. The van der Waals surface area contributed by atoms with Crippen LogP contribution in [0.2, 0.25) is 0 Å². The van der Waals surface area contributed by atoms with E-state index >= 15 is 0 Å². The van der Waals surface area contributed by atoms with Gasteiger partial charge < -0.3 is 4.74 Å². The highest BCUT2D eigenvalue weighted by Gasteiger charge is 2.33. The number of hydrazine groups is 1. The van der Waals surface area contributed by atoms with Crippen LogP contribution in [0.1, 0.15) is 46.9 Å². The average Bonchev–Trinajstić information content (AvgIpc) is 2.82. The van der Waals surface area contributed by atoms with Gasteiger partial charge in [0.25, 0.3) is 0 Å². The minimum Gasteiger partial charge on any atom is -0.374 e. The molecule has 0 spiro atoms. The van der Waals surface area contributed by atoms with Crippen molar-refractivity contribution >= 4 is 0 Å². The summed E-state index contributed by atoms with van der Waals surface area (Å²) in [4.78, 5) is 4.37. The third-order valence-electron chi connectivity index (χ3n) is 3.73. The Hall–Kier alpha value is -0.980. The van der Waals surface area contributed by atoms with Gasteiger partial charge >= 0.3 is 0 Å². The summed E-state index contributed by atoms with van der Waals surface area (Å²) in [5.74, 6) is 7.22. The Morgan fingerprint density at radius 3 is 2.65 bits per heavy atom. The Bertz CT molecular complexity index is 393. The van der Waals surface area contributed by atoms with Crippen LogP contribution in [0.3, 0.4) is 0 Å². The molecule has 0 amide bonds. The van der Waals surface area contributed by atoms with Crippen LogP contribution in [-0.4, -0.2) is 33.0 Å². The van der Waals surface area contributed by atoms with Gasteiger partial charge in [-0.2, -0.15) is 5.10 Å². The summed E-state index contributed by atoms with van der Waals surface area (Å²) in [6, 6.07) is 0.00237. The van der Waals surface area contributed by atoms with Crippen LogP contribution in [0, 0.1) is 5.92 Å². The summed E-state index contributed by atoms with van der Waals surface area (Å²) in [5, 5.41) is 4.29. The lowest BCUT2D eigenvalue weighted by Gasteiger charge is -2.36. The number of nitrogens with zero attached hydrogens (tertiary/aromatic N) is 3. The molecule has 0 saturated carbocycles. The largest absolute Gasteiger partial charge is 0.374 e. The second-order valence-corrected chi connectivity index (χ2v) is 5.77. The molecule has 1 aromatic rings. The Labute approximate surface area is 122 Å². The molecule has 0 fully saturated rings. The fourth-order valence-electron chi connectivity index (χ4n) is 2.36. The van der Waals surface area contributed by atoms with Gasteiger partial charge in [0, 0.05) is 19.6 Å². The number of rotatable bonds is 9. The van der Waals surface area contributed by atoms with E-state index in [1.807, 2.05) is 11.6 Å². The molecule has 0 bridgehead atoms. The van der Waals surface area contributed by atoms with Crippen molar-refractivity contribution in [2.45, 2.75) is 65.6 Å². The molecule has 3 N–H and O–H groups in total. The van der Waals surface area contributed by atoms with Crippen LogP contribution in [0.15, 0.2) is 6.33 Å². The third-order valence-corrected chi connectivity index (χ3v) is 3.73. The minimum absolute atomic E-state index is 0.00237. The summed E-state index contributed by atoms with van der Waals surface area (Å²) in [7, 11) is 0. The quantitative estimate of drug-likeness (QED) is 0.530. The number of aromatic nitrogens is 3. The fraction of sp³-hybridized carbons (Fsp3) is 0.857. The van der Waals surface area contributed by atoms with Crippen molar-refractivity contribution in [1.29, 1.82) is 0 Å². The number of nitrogens with one attached hydrogen (secondary N) is 1. The van der Waals surface area contributed by atoms with Gasteiger partial charge in [0.1, 0.15) is 12.2 Å². The van der Waals surface area contributed by atoms with Crippen LogP contribution in [0.25, 0.3) is 0 Å². The number of hydrogen-bond donors (Lipinski definition) is 2. The summed E-state index contributed by atoms with van der Waals surface area (Å²) >= 11 is 0. The molecule has 6 nitrogen and oxygen atoms in total. The monoisotopic (exact) mass is 283 g/mol. The molecule has 1 heterocycles. The number of nitrogens with two attached hydrogens (primary N) is 1. The first kappa shape index (κ1) is 17.1. The van der Waals surface area contributed by atoms with Gasteiger partial charge in [0.15, 0.2) is 0 Å². The highest BCUT2D eigenvalue weighted by atomic mass is 16.5. The molecule has 1 rings (SSSR count). The molecule has 2 atom stereocenters. The van der Waals surface area contributed by atoms with Crippen molar-refractivity contribution in [2.75, 3.05) is 6.61 Å². The van der Waals surface area contributed by atoms with E-state index < -0.39 is 0 Å². The topological polar surface area (TPSA) is 78.0 Å². The Balaban J connectivity index is 2.85. The molecule has 0 aromatic carbocycles. The van der Waals surface area contributed by atoms with Gasteiger partial charge in [-0.05, 0) is 26.2 Å². The van der Waals surface area contributed by atoms with E-state index in [0.29, 0.717) is 18.9 Å². The fourth-order valence-corrected chi connectivity index (χ4v) is 2.36. The first-order chi connectivity index (χ1) is 9.46. The van der Waals surface area contributed by atoms with Gasteiger partial charge in [-0.25, -0.2) is 9.67 Å². The normalized spacial score (nSPS) is 16.4. The van der Waals surface area contributed by atoms with E-state index in [1.165, 1.54) is 0 Å². The van der Waals surface area contributed by atoms with E-state index in [4.69, 9.17) is 10.6 Å². The third kappa shape index (κ3) is 4.26. The highest BCUT2D eigenvalue weighted by molar-refractivity contribution is 4.97. The average molecular weight is 283 g/mol. The van der Waals surface area contributed by atoms with Crippen LogP contribution in [0.5, 0.6) is 0 Å². The molecule has 0 aliphatic rings. The van der Waals surface area contributed by atoms with Gasteiger partial charge in [0.05, 0.1) is 11.6 Å². The van der Waals surface area contributed by atoms with E-state index in [-0.39, 0.29) is 11.6 Å². The van der Waals surface area contributed by atoms with Crippen LogP contribution in [0.4, 0.5) is 0 Å². The second kappa shape index (κ2) is 7.71. The van der Waals surface area contributed by atoms with Crippen LogP contribution >= 0.6 is 0 Å². The maximum Gasteiger partial charge on any atom is 0.138 e. The molecular formula is C14H29N5O. The molecule has 0 radical (unpaired) electrons. The molecule has 20 heavy (non-hydrogen) atoms. The lowest BCUT2D eigenvalue weighted by molar-refractivity contribution is -0.0556. The predicted octanol–water partition coefficient (Wildman–Crippen LogP) is 1.51. The van der Waals surface area contributed by atoms with Crippen molar-refractivity contribution in [3.63, 3.8) is 0 Å². The molecular weight excluding hydrogens is 254 g/mol. The Kier molecular flexibility index (Phi) is 6.58. The molecule has 0 aliphatic heterocycles. The van der Waals surface area contributed by atoms with Gasteiger partial charge in [-0.3, -0.25) is 11.3 Å². The first-order valence-corrected chi connectivity index (χ1v) is 7.43. The zero-order valence-electron chi connectivity index (χ0n) is 13.4. The number of hydrogen-bond acceptors (Lipinski definition) is 5. The van der Waals surface area contributed by atoms with Crippen LogP contribution < -0.4 is 11.3 Å². The molecule has 116 valence electrons. The smallest absolute Gasteiger partial charge is 0.138 e. The van der Waals surface area contributed by atoms with Crippen LogP contribution in [-0.2, 0) is 17.7 Å². The Morgan fingerprint density at radius 2 is 2.15 bits per heavy atom. The zero-order chi connectivity index (χ0) is 15.2. The lowest BCUT2D eigenvalue weighted by atomic mass is 9.90. The van der Waals surface area contributed by atoms with Gasteiger partial charge in [0.2, 0.25) is 0 Å². The maximum atomic E-state index is 5.90. The summed E-state index contributed by atoms with van der Waals surface area (Å²) in [6.45, 7) is 12.1. The van der Waals surface area contributed by atoms with Crippen molar-refractivity contribution in [3.05, 3.63) is 12.2 Å². The predicted molar refractivity (Wildman–Crippen MR) is 80.0 cm³/mol. The maximum absolute atomic E-state index is 5.90. The van der Waals surface area contributed by atoms with Crippen molar-refractivity contribution in [3.8, 4) is 0 Å².